The van der Waals surface area contributed by atoms with E-state index in [0.29, 0.717) is 0 Å². The Morgan fingerprint density at radius 1 is 0.600 bits per heavy atom. The monoisotopic (exact) mass is 290 g/mol. The smallest absolute Gasteiger partial charge is 0.308 e. The molecule has 0 unspecified atom stereocenters. The molecule has 0 aliphatic heterocycles. The molecule has 0 atom stereocenters. The molecule has 0 radical (unpaired) electrons. The molecule has 20 heavy (non-hydrogen) atoms. The molecule has 0 amide bonds. The van der Waals surface area contributed by atoms with E-state index in [9.17, 15) is 19.2 Å². The van der Waals surface area contributed by atoms with Crippen molar-refractivity contribution in [1.29, 1.82) is 0 Å². The molecule has 0 spiro atoms. The average Bonchev–Trinajstić information content (AvgIpc) is 2.44. The van der Waals surface area contributed by atoms with Crippen LogP contribution in [-0.2, 0) is 38.1 Å². The van der Waals surface area contributed by atoms with Crippen LogP contribution >= 0.6 is 0 Å². The van der Waals surface area contributed by atoms with Crippen LogP contribution in [0.15, 0.2) is 0 Å². The van der Waals surface area contributed by atoms with Gasteiger partial charge < -0.3 is 18.9 Å². The van der Waals surface area contributed by atoms with E-state index in [0.717, 1.165) is 0 Å². The minimum atomic E-state index is -0.612. The largest absolute Gasteiger partial charge is 0.469 e. The number of carbonyl (C=O) groups is 4. The summed E-state index contributed by atoms with van der Waals surface area (Å²) in [6.45, 7) is -0.189. The molecule has 0 saturated heterocycles. The Bertz CT molecular complexity index is 315. The molecule has 0 aromatic heterocycles. The molecule has 0 fully saturated rings. The first-order valence-corrected chi connectivity index (χ1v) is 5.94. The molecule has 0 N–H and O–H groups in total. The van der Waals surface area contributed by atoms with Gasteiger partial charge in [-0.1, -0.05) is 0 Å². The second kappa shape index (κ2) is 10.8. The second-order valence-electron chi connectivity index (χ2n) is 3.59. The quantitative estimate of drug-likeness (QED) is 0.431. The van der Waals surface area contributed by atoms with E-state index in [4.69, 9.17) is 9.47 Å². The van der Waals surface area contributed by atoms with E-state index < -0.39 is 23.9 Å². The highest BCUT2D eigenvalue weighted by atomic mass is 16.6. The number of methoxy groups -OCH3 is 2. The van der Waals surface area contributed by atoms with E-state index >= 15 is 0 Å². The van der Waals surface area contributed by atoms with Gasteiger partial charge in [0.1, 0.15) is 13.2 Å². The predicted molar refractivity (Wildman–Crippen MR) is 64.4 cm³/mol. The second-order valence-corrected chi connectivity index (χ2v) is 3.59. The van der Waals surface area contributed by atoms with Gasteiger partial charge in [-0.2, -0.15) is 0 Å². The Balaban J connectivity index is 3.60. The number of ether oxygens (including phenoxy) is 4. The number of rotatable bonds is 9. The molecule has 8 heteroatoms. The van der Waals surface area contributed by atoms with Gasteiger partial charge in [-0.05, 0) is 0 Å². The fourth-order valence-electron chi connectivity index (χ4n) is 1.05. The Hall–Kier alpha value is -2.12. The third-order valence-corrected chi connectivity index (χ3v) is 2.13. The summed E-state index contributed by atoms with van der Waals surface area (Å²) >= 11 is 0. The molecule has 0 bridgehead atoms. The lowest BCUT2D eigenvalue weighted by molar-refractivity contribution is -0.153. The van der Waals surface area contributed by atoms with E-state index in [1.54, 1.807) is 0 Å². The molecule has 0 aliphatic rings. The summed E-state index contributed by atoms with van der Waals surface area (Å²) in [6, 6.07) is 0. The lowest BCUT2D eigenvalue weighted by atomic mass is 10.3. The van der Waals surface area contributed by atoms with Crippen LogP contribution in [0.4, 0.5) is 0 Å². The summed E-state index contributed by atoms with van der Waals surface area (Å²) < 4.78 is 18.1. The van der Waals surface area contributed by atoms with Crippen molar-refractivity contribution in [3.63, 3.8) is 0 Å². The number of hydrogen-bond acceptors (Lipinski definition) is 8. The van der Waals surface area contributed by atoms with Gasteiger partial charge in [0, 0.05) is 0 Å². The summed E-state index contributed by atoms with van der Waals surface area (Å²) in [5, 5.41) is 0. The maximum absolute atomic E-state index is 11.2. The molecule has 0 aliphatic carbocycles. The zero-order valence-electron chi connectivity index (χ0n) is 11.5. The maximum atomic E-state index is 11.2. The third-order valence-electron chi connectivity index (χ3n) is 2.13. The molecular weight excluding hydrogens is 272 g/mol. The standard InChI is InChI=1S/C12H18O8/c1-17-9(13)5-7-19-11(15)3-4-12(16)20-8-6-10(14)18-2/h3-8H2,1-2H3. The van der Waals surface area contributed by atoms with Crippen molar-refractivity contribution < 1.29 is 38.1 Å². The lowest BCUT2D eigenvalue weighted by Crippen LogP contribution is -2.14. The lowest BCUT2D eigenvalue weighted by Gasteiger charge is -2.05. The fraction of sp³-hybridized carbons (Fsp3) is 0.667. The summed E-state index contributed by atoms with van der Waals surface area (Å²) in [5.41, 5.74) is 0. The molecule has 0 rings (SSSR count). The van der Waals surface area contributed by atoms with Crippen LogP contribution in [-0.4, -0.2) is 51.3 Å². The SMILES string of the molecule is COC(=O)CCOC(=O)CCC(=O)OCCC(=O)OC. The van der Waals surface area contributed by atoms with Crippen LogP contribution in [0, 0.1) is 0 Å². The van der Waals surface area contributed by atoms with E-state index in [-0.39, 0.29) is 38.9 Å². The minimum absolute atomic E-state index is 0.0359. The van der Waals surface area contributed by atoms with E-state index in [1.165, 1.54) is 14.2 Å². The Labute approximate surface area is 116 Å². The van der Waals surface area contributed by atoms with Crippen molar-refractivity contribution >= 4 is 23.9 Å². The highest BCUT2D eigenvalue weighted by Crippen LogP contribution is 1.98. The van der Waals surface area contributed by atoms with Crippen LogP contribution in [0.25, 0.3) is 0 Å². The molecule has 8 nitrogen and oxygen atoms in total. The first kappa shape index (κ1) is 17.9. The number of carbonyl (C=O) groups excluding carboxylic acids is 4. The van der Waals surface area contributed by atoms with Crippen molar-refractivity contribution in [2.24, 2.45) is 0 Å². The van der Waals surface area contributed by atoms with Crippen molar-refractivity contribution in [1.82, 2.24) is 0 Å². The first-order chi connectivity index (χ1) is 9.49. The van der Waals surface area contributed by atoms with Gasteiger partial charge in [-0.3, -0.25) is 19.2 Å². The number of hydrogen-bond donors (Lipinski definition) is 0. The van der Waals surface area contributed by atoms with Crippen LogP contribution in [0.5, 0.6) is 0 Å². The Kier molecular flexibility index (Phi) is 9.63. The third kappa shape index (κ3) is 9.86. The molecule has 114 valence electrons. The normalized spacial score (nSPS) is 9.50. The van der Waals surface area contributed by atoms with Gasteiger partial charge >= 0.3 is 23.9 Å². The minimum Gasteiger partial charge on any atom is -0.469 e. The average molecular weight is 290 g/mol. The van der Waals surface area contributed by atoms with Crippen molar-refractivity contribution in [3.05, 3.63) is 0 Å². The summed E-state index contributed by atoms with van der Waals surface area (Å²) in [4.78, 5) is 43.8. The predicted octanol–water partition coefficient (Wildman–Crippen LogP) is -0.0208. The van der Waals surface area contributed by atoms with Gasteiger partial charge in [0.2, 0.25) is 0 Å². The zero-order valence-corrected chi connectivity index (χ0v) is 11.5. The number of esters is 4. The van der Waals surface area contributed by atoms with Crippen LogP contribution in [0.2, 0.25) is 0 Å². The van der Waals surface area contributed by atoms with Gasteiger partial charge in [-0.25, -0.2) is 0 Å². The highest BCUT2D eigenvalue weighted by molar-refractivity contribution is 5.78. The van der Waals surface area contributed by atoms with Gasteiger partial charge in [0.25, 0.3) is 0 Å². The van der Waals surface area contributed by atoms with Crippen molar-refractivity contribution in [2.45, 2.75) is 25.7 Å². The molecular formula is C12H18O8. The zero-order chi connectivity index (χ0) is 15.4. The summed E-state index contributed by atoms with van der Waals surface area (Å²) in [7, 11) is 2.46. The Morgan fingerprint density at radius 2 is 0.950 bits per heavy atom. The summed E-state index contributed by atoms with van der Waals surface area (Å²) in [5.74, 6) is -2.20. The highest BCUT2D eigenvalue weighted by Gasteiger charge is 2.11. The maximum Gasteiger partial charge on any atom is 0.308 e. The van der Waals surface area contributed by atoms with E-state index in [1.807, 2.05) is 0 Å². The van der Waals surface area contributed by atoms with Crippen LogP contribution in [0.1, 0.15) is 25.7 Å². The van der Waals surface area contributed by atoms with Gasteiger partial charge in [0.15, 0.2) is 0 Å². The van der Waals surface area contributed by atoms with Gasteiger partial charge in [0.05, 0.1) is 39.9 Å². The molecule has 0 heterocycles. The topological polar surface area (TPSA) is 105 Å². The fourth-order valence-corrected chi connectivity index (χ4v) is 1.05. The van der Waals surface area contributed by atoms with Crippen LogP contribution < -0.4 is 0 Å². The van der Waals surface area contributed by atoms with Crippen molar-refractivity contribution in [3.8, 4) is 0 Å². The first-order valence-electron chi connectivity index (χ1n) is 5.94. The Morgan fingerprint density at radius 3 is 1.25 bits per heavy atom. The summed E-state index contributed by atoms with van der Waals surface area (Å²) in [6.07, 6.45) is -0.381. The molecule has 0 aromatic carbocycles. The van der Waals surface area contributed by atoms with Crippen molar-refractivity contribution in [2.75, 3.05) is 27.4 Å². The molecule has 0 aromatic rings. The van der Waals surface area contributed by atoms with Crippen LogP contribution in [0.3, 0.4) is 0 Å². The van der Waals surface area contributed by atoms with Gasteiger partial charge in [-0.15, -0.1) is 0 Å². The molecule has 0 saturated carbocycles. The van der Waals surface area contributed by atoms with E-state index in [2.05, 4.69) is 9.47 Å².